The summed E-state index contributed by atoms with van der Waals surface area (Å²) in [6.07, 6.45) is 1.59. The summed E-state index contributed by atoms with van der Waals surface area (Å²) in [5, 5.41) is 3.37. The second kappa shape index (κ2) is 7.00. The summed E-state index contributed by atoms with van der Waals surface area (Å²) in [7, 11) is 0. The van der Waals surface area contributed by atoms with Crippen LogP contribution in [0.4, 0.5) is 0 Å². The van der Waals surface area contributed by atoms with E-state index in [1.165, 1.54) is 0 Å². The molecule has 0 aliphatic heterocycles. The summed E-state index contributed by atoms with van der Waals surface area (Å²) in [5.41, 5.74) is 0. The molecule has 2 atom stereocenters. The summed E-state index contributed by atoms with van der Waals surface area (Å²) in [6.45, 7) is 12.8. The average Bonchev–Trinajstić information content (AvgIpc) is 2.14. The molecule has 2 unspecified atom stereocenters. The molecule has 0 aliphatic rings. The van der Waals surface area contributed by atoms with Gasteiger partial charge in [-0.2, -0.15) is 0 Å². The molecule has 0 rings (SSSR count). The van der Waals surface area contributed by atoms with E-state index in [0.29, 0.717) is 30.1 Å². The van der Waals surface area contributed by atoms with E-state index in [-0.39, 0.29) is 7.47 Å². The molecule has 15 heavy (non-hydrogen) atoms. The Bertz CT molecular complexity index is 192. The number of ketones is 1. The third-order valence-corrected chi connectivity index (χ3v) is 3.02. The van der Waals surface area contributed by atoms with E-state index in [4.69, 9.17) is 0 Å². The number of Topliss-reactive ketones (excluding diaryl/α,β-unsaturated/α-hetero) is 1. The van der Waals surface area contributed by atoms with E-state index in [1.54, 1.807) is 0 Å². The molecule has 0 bridgehead atoms. The van der Waals surface area contributed by atoms with Crippen molar-refractivity contribution in [3.05, 3.63) is 0 Å². The lowest BCUT2D eigenvalue weighted by molar-refractivity contribution is -0.121. The van der Waals surface area contributed by atoms with Crippen LogP contribution in [0.3, 0.4) is 0 Å². The zero-order chi connectivity index (χ0) is 12.0. The molecule has 0 saturated carbocycles. The maximum Gasteiger partial charge on any atom is 0.149 e. The summed E-state index contributed by atoms with van der Waals surface area (Å²) >= 11 is 0. The lowest BCUT2D eigenvalue weighted by Crippen LogP contribution is -2.42. The highest BCUT2D eigenvalue weighted by molar-refractivity contribution is 5.83. The standard InChI is InChI=1S/C13H27NO.H2/c1-7-13(15)12(14-10(4)5)8-11(6)9(2)3;/h9-12,14H,7-8H2,1-6H3;1H. The van der Waals surface area contributed by atoms with E-state index >= 15 is 0 Å². The molecule has 0 heterocycles. The SMILES string of the molecule is CCC(=O)C(CC(C)C(C)C)NC(C)C.[HH]. The van der Waals surface area contributed by atoms with Gasteiger partial charge in [0.05, 0.1) is 6.04 Å². The monoisotopic (exact) mass is 215 g/mol. The Hall–Kier alpha value is -0.370. The van der Waals surface area contributed by atoms with E-state index in [9.17, 15) is 4.79 Å². The Balaban J connectivity index is 0. The van der Waals surface area contributed by atoms with E-state index in [0.717, 1.165) is 6.42 Å². The van der Waals surface area contributed by atoms with Gasteiger partial charge in [0.1, 0.15) is 5.78 Å². The van der Waals surface area contributed by atoms with Crippen molar-refractivity contribution in [2.45, 2.75) is 66.5 Å². The Kier molecular flexibility index (Phi) is 6.82. The molecule has 0 aromatic heterocycles. The lowest BCUT2D eigenvalue weighted by Gasteiger charge is -2.24. The van der Waals surface area contributed by atoms with Gasteiger partial charge in [-0.15, -0.1) is 0 Å². The topological polar surface area (TPSA) is 29.1 Å². The molecule has 0 spiro atoms. The van der Waals surface area contributed by atoms with E-state index < -0.39 is 0 Å². The van der Waals surface area contributed by atoms with E-state index in [1.807, 2.05) is 6.92 Å². The number of carbonyl (C=O) groups excluding carboxylic acids is 1. The maximum atomic E-state index is 11.7. The van der Waals surface area contributed by atoms with E-state index in [2.05, 4.69) is 39.9 Å². The van der Waals surface area contributed by atoms with Crippen molar-refractivity contribution in [1.29, 1.82) is 0 Å². The number of nitrogens with one attached hydrogen (secondary N) is 1. The van der Waals surface area contributed by atoms with Crippen molar-refractivity contribution >= 4 is 5.78 Å². The lowest BCUT2D eigenvalue weighted by atomic mass is 9.89. The van der Waals surface area contributed by atoms with Crippen LogP contribution < -0.4 is 5.32 Å². The number of hydrogen-bond acceptors (Lipinski definition) is 2. The Morgan fingerprint density at radius 2 is 1.73 bits per heavy atom. The predicted octanol–water partition coefficient (Wildman–Crippen LogP) is 3.26. The fraction of sp³-hybridized carbons (Fsp3) is 0.923. The molecule has 0 amide bonds. The van der Waals surface area contributed by atoms with Crippen LogP contribution in [0.5, 0.6) is 0 Å². The van der Waals surface area contributed by atoms with Gasteiger partial charge in [-0.05, 0) is 18.3 Å². The highest BCUT2D eigenvalue weighted by Crippen LogP contribution is 2.17. The minimum Gasteiger partial charge on any atom is -0.305 e. The highest BCUT2D eigenvalue weighted by Gasteiger charge is 2.21. The summed E-state index contributed by atoms with van der Waals surface area (Å²) in [5.74, 6) is 1.58. The summed E-state index contributed by atoms with van der Waals surface area (Å²) in [6, 6.07) is 0.428. The summed E-state index contributed by atoms with van der Waals surface area (Å²) < 4.78 is 0. The Morgan fingerprint density at radius 3 is 2.07 bits per heavy atom. The molecule has 1 N–H and O–H groups in total. The normalized spacial score (nSPS) is 15.7. The highest BCUT2D eigenvalue weighted by atomic mass is 16.1. The molecule has 0 aromatic carbocycles. The van der Waals surface area contributed by atoms with Gasteiger partial charge in [0.15, 0.2) is 0 Å². The minimum absolute atomic E-state index is 0. The molecule has 0 radical (unpaired) electrons. The van der Waals surface area contributed by atoms with Crippen LogP contribution in [0.1, 0.15) is 55.8 Å². The Labute approximate surface area is 96.3 Å². The van der Waals surface area contributed by atoms with Crippen molar-refractivity contribution in [1.82, 2.24) is 5.32 Å². The molecule has 2 nitrogen and oxygen atoms in total. The van der Waals surface area contributed by atoms with Crippen LogP contribution in [0.25, 0.3) is 0 Å². The van der Waals surface area contributed by atoms with Crippen molar-refractivity contribution in [3.8, 4) is 0 Å². The first-order valence-electron chi connectivity index (χ1n) is 6.17. The molecule has 2 heteroatoms. The third kappa shape index (κ3) is 5.93. The summed E-state index contributed by atoms with van der Waals surface area (Å²) in [4.78, 5) is 11.7. The Morgan fingerprint density at radius 1 is 1.20 bits per heavy atom. The third-order valence-electron chi connectivity index (χ3n) is 3.02. The molecular formula is C13H29NO. The van der Waals surface area contributed by atoms with Gasteiger partial charge in [-0.25, -0.2) is 0 Å². The number of carbonyl (C=O) groups is 1. The van der Waals surface area contributed by atoms with Crippen LogP contribution in [0.15, 0.2) is 0 Å². The molecular weight excluding hydrogens is 186 g/mol. The number of rotatable bonds is 7. The molecule has 0 fully saturated rings. The van der Waals surface area contributed by atoms with Gasteiger partial charge < -0.3 is 5.32 Å². The van der Waals surface area contributed by atoms with Crippen LogP contribution in [0.2, 0.25) is 0 Å². The quantitative estimate of drug-likeness (QED) is 0.706. The smallest absolute Gasteiger partial charge is 0.149 e. The van der Waals surface area contributed by atoms with Crippen LogP contribution in [0, 0.1) is 11.8 Å². The van der Waals surface area contributed by atoms with Gasteiger partial charge >= 0.3 is 0 Å². The van der Waals surface area contributed by atoms with Gasteiger partial charge in [0.2, 0.25) is 0 Å². The first-order valence-corrected chi connectivity index (χ1v) is 6.17. The predicted molar refractivity (Wildman–Crippen MR) is 68.1 cm³/mol. The van der Waals surface area contributed by atoms with Crippen LogP contribution in [-0.2, 0) is 4.79 Å². The van der Waals surface area contributed by atoms with Gasteiger partial charge in [0, 0.05) is 13.9 Å². The molecule has 0 aromatic rings. The van der Waals surface area contributed by atoms with Crippen molar-refractivity contribution < 1.29 is 6.22 Å². The van der Waals surface area contributed by atoms with Gasteiger partial charge in [-0.1, -0.05) is 41.5 Å². The largest absolute Gasteiger partial charge is 0.305 e. The second-order valence-electron chi connectivity index (χ2n) is 5.15. The van der Waals surface area contributed by atoms with Gasteiger partial charge in [-0.3, -0.25) is 4.79 Å². The first kappa shape index (κ1) is 14.6. The zero-order valence-electron chi connectivity index (χ0n) is 11.1. The molecule has 92 valence electrons. The fourth-order valence-corrected chi connectivity index (χ4v) is 1.59. The molecule has 0 aliphatic carbocycles. The van der Waals surface area contributed by atoms with Crippen molar-refractivity contribution in [2.24, 2.45) is 11.8 Å². The minimum atomic E-state index is 0. The average molecular weight is 215 g/mol. The van der Waals surface area contributed by atoms with Crippen LogP contribution >= 0.6 is 0 Å². The first-order chi connectivity index (χ1) is 6.88. The van der Waals surface area contributed by atoms with Crippen molar-refractivity contribution in [2.75, 3.05) is 0 Å². The second-order valence-corrected chi connectivity index (χ2v) is 5.15. The van der Waals surface area contributed by atoms with Crippen LogP contribution in [-0.4, -0.2) is 17.9 Å². The molecule has 0 saturated heterocycles. The maximum absolute atomic E-state index is 11.7. The van der Waals surface area contributed by atoms with Gasteiger partial charge in [0.25, 0.3) is 0 Å². The zero-order valence-corrected chi connectivity index (χ0v) is 11.1. The van der Waals surface area contributed by atoms with Crippen molar-refractivity contribution in [3.63, 3.8) is 0 Å². The number of hydrogen-bond donors (Lipinski definition) is 1. The fourth-order valence-electron chi connectivity index (χ4n) is 1.59.